The van der Waals surface area contributed by atoms with Gasteiger partial charge >= 0.3 is 12.1 Å². The van der Waals surface area contributed by atoms with Crippen molar-refractivity contribution in [2.24, 2.45) is 11.7 Å². The number of nitrogens with one attached hydrogen (secondary N) is 1. The highest BCUT2D eigenvalue weighted by molar-refractivity contribution is 5.67. The number of carboxylic acids is 1. The molecule has 2 atom stereocenters. The van der Waals surface area contributed by atoms with Gasteiger partial charge in [-0.1, -0.05) is 13.8 Å². The first-order valence-corrected chi connectivity index (χ1v) is 5.40. The highest BCUT2D eigenvalue weighted by Gasteiger charge is 2.41. The second kappa shape index (κ2) is 6.80. The lowest BCUT2D eigenvalue weighted by Crippen LogP contribution is -2.41. The topological polar surface area (TPSA) is 75.3 Å². The maximum atomic E-state index is 12.5. The van der Waals surface area contributed by atoms with E-state index in [1.807, 2.05) is 13.8 Å². The summed E-state index contributed by atoms with van der Waals surface area (Å²) in [6.45, 7) is 3.94. The van der Waals surface area contributed by atoms with Crippen LogP contribution >= 0.6 is 0 Å². The monoisotopic (exact) mass is 256 g/mol. The van der Waals surface area contributed by atoms with Crippen LogP contribution in [0.1, 0.15) is 26.7 Å². The molecule has 0 radical (unpaired) electrons. The summed E-state index contributed by atoms with van der Waals surface area (Å²) >= 11 is 0. The van der Waals surface area contributed by atoms with Crippen LogP contribution in [0.4, 0.5) is 13.2 Å². The van der Waals surface area contributed by atoms with Gasteiger partial charge < -0.3 is 16.2 Å². The fraction of sp³-hybridized carbons (Fsp3) is 0.900. The number of rotatable bonds is 7. The third-order valence-corrected chi connectivity index (χ3v) is 2.26. The molecule has 0 aromatic rings. The van der Waals surface area contributed by atoms with Crippen molar-refractivity contribution in [3.8, 4) is 0 Å². The third-order valence-electron chi connectivity index (χ3n) is 2.26. The SMILES string of the molecule is CC(C)NC[C@H](N)C[C@H](CC(=O)O)C(F)(F)F. The van der Waals surface area contributed by atoms with Gasteiger partial charge in [0.2, 0.25) is 0 Å². The lowest BCUT2D eigenvalue weighted by atomic mass is 9.96. The first-order valence-electron chi connectivity index (χ1n) is 5.40. The number of alkyl halides is 3. The minimum absolute atomic E-state index is 0.130. The van der Waals surface area contributed by atoms with Crippen molar-refractivity contribution in [1.82, 2.24) is 5.32 Å². The Morgan fingerprint density at radius 2 is 1.94 bits per heavy atom. The third kappa shape index (κ3) is 7.98. The Hall–Kier alpha value is -0.820. The minimum Gasteiger partial charge on any atom is -0.481 e. The molecule has 0 aliphatic carbocycles. The average molecular weight is 256 g/mol. The zero-order valence-corrected chi connectivity index (χ0v) is 9.92. The predicted molar refractivity (Wildman–Crippen MR) is 57.5 cm³/mol. The van der Waals surface area contributed by atoms with Crippen LogP contribution < -0.4 is 11.1 Å². The summed E-state index contributed by atoms with van der Waals surface area (Å²) in [5.74, 6) is -3.35. The summed E-state index contributed by atoms with van der Waals surface area (Å²) in [5, 5.41) is 11.3. The van der Waals surface area contributed by atoms with E-state index < -0.39 is 30.5 Å². The molecule has 7 heteroatoms. The minimum atomic E-state index is -4.52. The van der Waals surface area contributed by atoms with E-state index in [4.69, 9.17) is 10.8 Å². The Kier molecular flexibility index (Phi) is 6.48. The standard InChI is InChI=1S/C10H19F3N2O2/c1-6(2)15-5-8(14)3-7(4-9(16)17)10(11,12)13/h6-8,15H,3-5,14H2,1-2H3,(H,16,17)/t7-,8-/m1/s1. The fourth-order valence-electron chi connectivity index (χ4n) is 1.38. The van der Waals surface area contributed by atoms with Gasteiger partial charge in [-0.25, -0.2) is 0 Å². The highest BCUT2D eigenvalue weighted by atomic mass is 19.4. The van der Waals surface area contributed by atoms with Crippen molar-refractivity contribution in [3.05, 3.63) is 0 Å². The van der Waals surface area contributed by atoms with E-state index in [9.17, 15) is 18.0 Å². The second-order valence-corrected chi connectivity index (χ2v) is 4.40. The Balaban J connectivity index is 4.28. The van der Waals surface area contributed by atoms with Crippen LogP contribution in [0.25, 0.3) is 0 Å². The first kappa shape index (κ1) is 16.2. The fourth-order valence-corrected chi connectivity index (χ4v) is 1.38. The summed E-state index contributed by atoms with van der Waals surface area (Å²) in [4.78, 5) is 10.3. The van der Waals surface area contributed by atoms with Gasteiger partial charge in [0.1, 0.15) is 0 Å². The molecule has 0 aliphatic heterocycles. The predicted octanol–water partition coefficient (Wildman–Crippen LogP) is 1.35. The van der Waals surface area contributed by atoms with Crippen molar-refractivity contribution in [3.63, 3.8) is 0 Å². The van der Waals surface area contributed by atoms with Gasteiger partial charge in [-0.2, -0.15) is 13.2 Å². The number of carboxylic acid groups (broad SMARTS) is 1. The van der Waals surface area contributed by atoms with Crippen LogP contribution in [0.5, 0.6) is 0 Å². The molecule has 0 rings (SSSR count). The van der Waals surface area contributed by atoms with E-state index in [1.54, 1.807) is 0 Å². The smallest absolute Gasteiger partial charge is 0.392 e. The van der Waals surface area contributed by atoms with Crippen molar-refractivity contribution in [2.75, 3.05) is 6.54 Å². The Morgan fingerprint density at radius 3 is 2.29 bits per heavy atom. The van der Waals surface area contributed by atoms with Gasteiger partial charge in [0.05, 0.1) is 12.3 Å². The van der Waals surface area contributed by atoms with Gasteiger partial charge in [0, 0.05) is 18.6 Å². The molecule has 0 bridgehead atoms. The summed E-state index contributed by atoms with van der Waals surface area (Å²) in [6, 6.07) is -0.576. The normalized spacial score (nSPS) is 15.9. The second-order valence-electron chi connectivity index (χ2n) is 4.40. The molecule has 4 N–H and O–H groups in total. The number of hydrogen-bond donors (Lipinski definition) is 3. The van der Waals surface area contributed by atoms with Crippen LogP contribution in [-0.2, 0) is 4.79 Å². The van der Waals surface area contributed by atoms with Gasteiger partial charge in [0.25, 0.3) is 0 Å². The molecular formula is C10H19F3N2O2. The van der Waals surface area contributed by atoms with Crippen LogP contribution in [-0.4, -0.2) is 35.9 Å². The number of carbonyl (C=O) groups is 1. The molecule has 0 unspecified atom stereocenters. The average Bonchev–Trinajstić information content (AvgIpc) is 2.11. The van der Waals surface area contributed by atoms with Crippen LogP contribution in [0.3, 0.4) is 0 Å². The van der Waals surface area contributed by atoms with E-state index >= 15 is 0 Å². The number of halogens is 3. The zero-order chi connectivity index (χ0) is 13.6. The Labute approximate surface area is 98.4 Å². The molecule has 0 aromatic heterocycles. The van der Waals surface area contributed by atoms with E-state index in [2.05, 4.69) is 5.32 Å². The molecule has 17 heavy (non-hydrogen) atoms. The molecule has 0 heterocycles. The van der Waals surface area contributed by atoms with Crippen molar-refractivity contribution in [1.29, 1.82) is 0 Å². The van der Waals surface area contributed by atoms with Crippen LogP contribution in [0.15, 0.2) is 0 Å². The molecular weight excluding hydrogens is 237 g/mol. The maximum absolute atomic E-state index is 12.5. The van der Waals surface area contributed by atoms with E-state index in [-0.39, 0.29) is 19.0 Å². The molecule has 0 spiro atoms. The van der Waals surface area contributed by atoms with Crippen molar-refractivity contribution >= 4 is 5.97 Å². The molecule has 0 aromatic carbocycles. The summed E-state index contributed by atoms with van der Waals surface area (Å²) in [5.41, 5.74) is 5.54. The van der Waals surface area contributed by atoms with E-state index in [1.165, 1.54) is 0 Å². The van der Waals surface area contributed by atoms with Gasteiger partial charge in [-0.15, -0.1) is 0 Å². The summed E-state index contributed by atoms with van der Waals surface area (Å²) in [7, 11) is 0. The first-order chi connectivity index (χ1) is 7.62. The summed E-state index contributed by atoms with van der Waals surface area (Å²) in [6.07, 6.45) is -5.83. The molecule has 0 amide bonds. The van der Waals surface area contributed by atoms with E-state index in [0.29, 0.717) is 0 Å². The molecule has 102 valence electrons. The number of hydrogen-bond acceptors (Lipinski definition) is 3. The Morgan fingerprint density at radius 1 is 1.41 bits per heavy atom. The number of aliphatic carboxylic acids is 1. The van der Waals surface area contributed by atoms with Gasteiger partial charge in [0.15, 0.2) is 0 Å². The summed E-state index contributed by atoms with van der Waals surface area (Å²) < 4.78 is 37.5. The molecule has 0 fully saturated rings. The van der Waals surface area contributed by atoms with Gasteiger partial charge in [-0.05, 0) is 6.42 Å². The molecule has 0 saturated heterocycles. The quantitative estimate of drug-likeness (QED) is 0.643. The molecule has 4 nitrogen and oxygen atoms in total. The lowest BCUT2D eigenvalue weighted by molar-refractivity contribution is -0.185. The van der Waals surface area contributed by atoms with Gasteiger partial charge in [-0.3, -0.25) is 4.79 Å². The van der Waals surface area contributed by atoms with Crippen molar-refractivity contribution < 1.29 is 23.1 Å². The Bertz CT molecular complexity index is 244. The van der Waals surface area contributed by atoms with E-state index in [0.717, 1.165) is 0 Å². The number of nitrogens with two attached hydrogens (primary N) is 1. The molecule has 0 aliphatic rings. The highest BCUT2D eigenvalue weighted by Crippen LogP contribution is 2.32. The van der Waals surface area contributed by atoms with Crippen molar-refractivity contribution in [2.45, 2.75) is 44.9 Å². The van der Waals surface area contributed by atoms with Crippen LogP contribution in [0.2, 0.25) is 0 Å². The lowest BCUT2D eigenvalue weighted by Gasteiger charge is -2.23. The molecule has 0 saturated carbocycles. The van der Waals surface area contributed by atoms with Crippen LogP contribution in [0, 0.1) is 5.92 Å². The largest absolute Gasteiger partial charge is 0.481 e. The maximum Gasteiger partial charge on any atom is 0.392 e. The zero-order valence-electron chi connectivity index (χ0n) is 9.92.